The normalized spacial score (nSPS) is 12.8. The Morgan fingerprint density at radius 3 is 2.79 bits per heavy atom. The molecule has 2 heterocycles. The predicted molar refractivity (Wildman–Crippen MR) is 76.3 cm³/mol. The minimum atomic E-state index is -0.0175. The zero-order valence-electron chi connectivity index (χ0n) is 11.6. The number of hydrogen-bond donors (Lipinski definition) is 1. The molecule has 0 aliphatic heterocycles. The first-order chi connectivity index (χ1) is 9.17. The van der Waals surface area contributed by atoms with Gasteiger partial charge in [-0.2, -0.15) is 10.2 Å². The fraction of sp³-hybridized carbons (Fsp3) is 0.538. The molecule has 0 fully saturated rings. The Bertz CT molecular complexity index is 531. The quantitative estimate of drug-likeness (QED) is 0.884. The second-order valence-corrected chi connectivity index (χ2v) is 4.90. The molecule has 0 bridgehead atoms. The van der Waals surface area contributed by atoms with Crippen LogP contribution in [0.15, 0.2) is 18.5 Å². The SMILES string of the molecule is CCCNC(c1ccn(C)n1)c1c(Cl)cnn1CC. The van der Waals surface area contributed by atoms with Crippen LogP contribution in [0.3, 0.4) is 0 Å². The van der Waals surface area contributed by atoms with Gasteiger partial charge >= 0.3 is 0 Å². The molecule has 0 radical (unpaired) electrons. The van der Waals surface area contributed by atoms with Gasteiger partial charge in [-0.05, 0) is 26.0 Å². The van der Waals surface area contributed by atoms with Gasteiger partial charge in [0, 0.05) is 19.8 Å². The van der Waals surface area contributed by atoms with Crippen molar-refractivity contribution in [1.82, 2.24) is 24.9 Å². The van der Waals surface area contributed by atoms with E-state index >= 15 is 0 Å². The summed E-state index contributed by atoms with van der Waals surface area (Å²) in [5.74, 6) is 0. The van der Waals surface area contributed by atoms with Gasteiger partial charge in [-0.15, -0.1) is 0 Å². The van der Waals surface area contributed by atoms with Crippen LogP contribution < -0.4 is 5.32 Å². The zero-order valence-corrected chi connectivity index (χ0v) is 12.4. The lowest BCUT2D eigenvalue weighted by atomic mass is 10.1. The van der Waals surface area contributed by atoms with E-state index in [2.05, 4.69) is 29.4 Å². The van der Waals surface area contributed by atoms with Crippen molar-refractivity contribution in [2.24, 2.45) is 7.05 Å². The molecular formula is C13H20ClN5. The third-order valence-electron chi connectivity index (χ3n) is 3.03. The third kappa shape index (κ3) is 2.98. The number of rotatable bonds is 6. The van der Waals surface area contributed by atoms with E-state index in [4.69, 9.17) is 11.6 Å². The molecule has 0 aromatic carbocycles. The van der Waals surface area contributed by atoms with Crippen molar-refractivity contribution in [3.8, 4) is 0 Å². The average Bonchev–Trinajstić information content (AvgIpc) is 2.98. The summed E-state index contributed by atoms with van der Waals surface area (Å²) in [5, 5.41) is 13.0. The van der Waals surface area contributed by atoms with E-state index in [-0.39, 0.29) is 6.04 Å². The topological polar surface area (TPSA) is 47.7 Å². The molecule has 5 nitrogen and oxygen atoms in total. The van der Waals surface area contributed by atoms with Crippen LogP contribution in [0.25, 0.3) is 0 Å². The van der Waals surface area contributed by atoms with Crippen molar-refractivity contribution < 1.29 is 0 Å². The summed E-state index contributed by atoms with van der Waals surface area (Å²) in [6.07, 6.45) is 4.70. The summed E-state index contributed by atoms with van der Waals surface area (Å²) < 4.78 is 3.72. The summed E-state index contributed by atoms with van der Waals surface area (Å²) in [5.41, 5.74) is 1.95. The number of nitrogens with one attached hydrogen (secondary N) is 1. The lowest BCUT2D eigenvalue weighted by Crippen LogP contribution is -2.26. The second kappa shape index (κ2) is 6.21. The molecule has 6 heteroatoms. The number of aryl methyl sites for hydroxylation is 2. The molecule has 2 rings (SSSR count). The van der Waals surface area contributed by atoms with Crippen molar-refractivity contribution in [2.75, 3.05) is 6.54 Å². The summed E-state index contributed by atoms with van der Waals surface area (Å²) in [4.78, 5) is 0. The Morgan fingerprint density at radius 2 is 2.21 bits per heavy atom. The maximum absolute atomic E-state index is 6.30. The molecule has 104 valence electrons. The molecule has 0 spiro atoms. The first-order valence-corrected chi connectivity index (χ1v) is 6.99. The van der Waals surface area contributed by atoms with Gasteiger partial charge in [-0.1, -0.05) is 18.5 Å². The lowest BCUT2D eigenvalue weighted by molar-refractivity contribution is 0.517. The zero-order chi connectivity index (χ0) is 13.8. The van der Waals surface area contributed by atoms with Crippen LogP contribution in [0.1, 0.15) is 37.7 Å². The summed E-state index contributed by atoms with van der Waals surface area (Å²) in [7, 11) is 1.92. The summed E-state index contributed by atoms with van der Waals surface area (Å²) in [6.45, 7) is 5.90. The number of aromatic nitrogens is 4. The highest BCUT2D eigenvalue weighted by atomic mass is 35.5. The van der Waals surface area contributed by atoms with E-state index in [1.165, 1.54) is 0 Å². The van der Waals surface area contributed by atoms with Gasteiger partial charge in [0.25, 0.3) is 0 Å². The van der Waals surface area contributed by atoms with Gasteiger partial charge in [0.1, 0.15) is 0 Å². The number of nitrogens with zero attached hydrogens (tertiary/aromatic N) is 4. The smallest absolute Gasteiger partial charge is 0.0955 e. The first-order valence-electron chi connectivity index (χ1n) is 6.61. The van der Waals surface area contributed by atoms with Crippen LogP contribution in [0, 0.1) is 0 Å². The summed E-state index contributed by atoms with van der Waals surface area (Å²) in [6, 6.07) is 1.99. The van der Waals surface area contributed by atoms with Crippen molar-refractivity contribution in [3.63, 3.8) is 0 Å². The molecule has 0 aliphatic carbocycles. The molecule has 1 unspecified atom stereocenters. The molecule has 0 saturated carbocycles. The van der Waals surface area contributed by atoms with Crippen molar-refractivity contribution in [2.45, 2.75) is 32.9 Å². The fourth-order valence-electron chi connectivity index (χ4n) is 2.13. The fourth-order valence-corrected chi connectivity index (χ4v) is 2.38. The molecule has 0 aliphatic rings. The standard InChI is InChI=1S/C13H20ClN5/c1-4-7-15-12(11-6-8-18(3)17-11)13-10(14)9-16-19(13)5-2/h6,8-9,12,15H,4-5,7H2,1-3H3. The van der Waals surface area contributed by atoms with E-state index in [9.17, 15) is 0 Å². The van der Waals surface area contributed by atoms with Crippen molar-refractivity contribution >= 4 is 11.6 Å². The molecule has 0 saturated heterocycles. The largest absolute Gasteiger partial charge is 0.304 e. The van der Waals surface area contributed by atoms with Crippen molar-refractivity contribution in [1.29, 1.82) is 0 Å². The van der Waals surface area contributed by atoms with Crippen LogP contribution in [-0.2, 0) is 13.6 Å². The van der Waals surface area contributed by atoms with Gasteiger partial charge in [0.15, 0.2) is 0 Å². The lowest BCUT2D eigenvalue weighted by Gasteiger charge is -2.18. The van der Waals surface area contributed by atoms with Crippen LogP contribution in [0.2, 0.25) is 5.02 Å². The highest BCUT2D eigenvalue weighted by Crippen LogP contribution is 2.27. The Hall–Kier alpha value is -1.33. The van der Waals surface area contributed by atoms with Crippen LogP contribution >= 0.6 is 11.6 Å². The molecule has 1 N–H and O–H groups in total. The highest BCUT2D eigenvalue weighted by molar-refractivity contribution is 6.31. The predicted octanol–water partition coefficient (Wildman–Crippen LogP) is 2.38. The molecule has 2 aromatic rings. The van der Waals surface area contributed by atoms with Gasteiger partial charge in [0.2, 0.25) is 0 Å². The van der Waals surface area contributed by atoms with E-state index in [0.717, 1.165) is 30.9 Å². The first kappa shape index (κ1) is 14.1. The third-order valence-corrected chi connectivity index (χ3v) is 3.33. The van der Waals surface area contributed by atoms with E-state index < -0.39 is 0 Å². The monoisotopic (exact) mass is 281 g/mol. The Labute approximate surface area is 118 Å². The second-order valence-electron chi connectivity index (χ2n) is 4.49. The van der Waals surface area contributed by atoms with E-state index in [0.29, 0.717) is 5.02 Å². The van der Waals surface area contributed by atoms with Crippen molar-refractivity contribution in [3.05, 3.63) is 34.9 Å². The Balaban J connectivity index is 2.39. The van der Waals surface area contributed by atoms with Gasteiger partial charge in [-0.25, -0.2) is 0 Å². The van der Waals surface area contributed by atoms with Crippen LogP contribution in [0.5, 0.6) is 0 Å². The Kier molecular flexibility index (Phi) is 4.61. The maximum atomic E-state index is 6.30. The molecular weight excluding hydrogens is 262 g/mol. The van der Waals surface area contributed by atoms with Crippen LogP contribution in [0.4, 0.5) is 0 Å². The molecule has 2 aromatic heterocycles. The van der Waals surface area contributed by atoms with Gasteiger partial charge in [0.05, 0.1) is 28.6 Å². The summed E-state index contributed by atoms with van der Waals surface area (Å²) >= 11 is 6.30. The van der Waals surface area contributed by atoms with E-state index in [1.807, 2.05) is 24.0 Å². The molecule has 19 heavy (non-hydrogen) atoms. The van der Waals surface area contributed by atoms with Crippen LogP contribution in [-0.4, -0.2) is 26.1 Å². The van der Waals surface area contributed by atoms with Gasteiger partial charge < -0.3 is 5.32 Å². The minimum absolute atomic E-state index is 0.0175. The number of halogens is 1. The molecule has 1 atom stereocenters. The average molecular weight is 282 g/mol. The highest BCUT2D eigenvalue weighted by Gasteiger charge is 2.23. The Morgan fingerprint density at radius 1 is 1.42 bits per heavy atom. The van der Waals surface area contributed by atoms with E-state index in [1.54, 1.807) is 10.9 Å². The molecule has 0 amide bonds. The number of hydrogen-bond acceptors (Lipinski definition) is 3. The van der Waals surface area contributed by atoms with Gasteiger partial charge in [-0.3, -0.25) is 9.36 Å². The minimum Gasteiger partial charge on any atom is -0.304 e. The maximum Gasteiger partial charge on any atom is 0.0955 e.